The smallest absolute Gasteiger partial charge is 0.141 e. The summed E-state index contributed by atoms with van der Waals surface area (Å²) in [5.41, 5.74) is -0.836. The molecule has 0 saturated heterocycles. The van der Waals surface area contributed by atoms with Crippen molar-refractivity contribution in [2.24, 2.45) is 46.3 Å². The summed E-state index contributed by atoms with van der Waals surface area (Å²) in [7, 11) is 0. The Kier molecular flexibility index (Phi) is 2.94. The van der Waals surface area contributed by atoms with Gasteiger partial charge in [0.05, 0.1) is 11.7 Å². The first-order valence-corrected chi connectivity index (χ1v) is 10.2. The molecule has 0 bridgehead atoms. The van der Waals surface area contributed by atoms with Gasteiger partial charge in [0.2, 0.25) is 0 Å². The predicted octanol–water partition coefficient (Wildman–Crippen LogP) is 3.18. The lowest BCUT2D eigenvalue weighted by Crippen LogP contribution is -2.64. The van der Waals surface area contributed by atoms with Gasteiger partial charge in [0, 0.05) is 17.8 Å². The van der Waals surface area contributed by atoms with Crippen molar-refractivity contribution in [2.45, 2.75) is 77.4 Å². The van der Waals surface area contributed by atoms with Crippen LogP contribution in [0, 0.1) is 46.3 Å². The molecule has 5 fully saturated rings. The Balaban J connectivity index is 1.56. The molecule has 2 N–H and O–H groups in total. The van der Waals surface area contributed by atoms with E-state index in [9.17, 15) is 15.0 Å². The zero-order valence-electron chi connectivity index (χ0n) is 15.3. The minimum atomic E-state index is -0.668. The Bertz CT molecular complexity index is 602. The van der Waals surface area contributed by atoms with Gasteiger partial charge in [-0.1, -0.05) is 20.8 Å². The molecule has 0 aliphatic heterocycles. The van der Waals surface area contributed by atoms with E-state index >= 15 is 0 Å². The van der Waals surface area contributed by atoms with E-state index in [2.05, 4.69) is 20.8 Å². The van der Waals surface area contributed by atoms with Crippen LogP contribution < -0.4 is 0 Å². The molecule has 5 saturated carbocycles. The third kappa shape index (κ3) is 1.60. The van der Waals surface area contributed by atoms with Gasteiger partial charge in [0.25, 0.3) is 0 Å². The zero-order chi connectivity index (χ0) is 17.1. The molecule has 0 aromatic carbocycles. The molecule has 10 atom stereocenters. The first kappa shape index (κ1) is 15.8. The molecule has 0 radical (unpaired) electrons. The van der Waals surface area contributed by atoms with Gasteiger partial charge in [-0.2, -0.15) is 0 Å². The van der Waals surface area contributed by atoms with Crippen LogP contribution in [0.1, 0.15) is 65.7 Å². The van der Waals surface area contributed by atoms with Gasteiger partial charge in [-0.05, 0) is 73.5 Å². The Morgan fingerprint density at radius 3 is 2.54 bits per heavy atom. The van der Waals surface area contributed by atoms with Crippen LogP contribution >= 0.6 is 0 Å². The first-order valence-electron chi connectivity index (χ1n) is 10.2. The third-order valence-electron chi connectivity index (χ3n) is 9.64. The van der Waals surface area contributed by atoms with Crippen molar-refractivity contribution in [3.63, 3.8) is 0 Å². The molecule has 0 spiro atoms. The molecule has 0 amide bonds. The zero-order valence-corrected chi connectivity index (χ0v) is 15.3. The highest BCUT2D eigenvalue weighted by Crippen LogP contribution is 2.75. The highest BCUT2D eigenvalue weighted by atomic mass is 16.3. The van der Waals surface area contributed by atoms with E-state index < -0.39 is 5.60 Å². The number of fused-ring (bicyclic) bond motifs is 8. The predicted molar refractivity (Wildman–Crippen MR) is 91.1 cm³/mol. The van der Waals surface area contributed by atoms with Gasteiger partial charge in [-0.25, -0.2) is 0 Å². The molecule has 24 heavy (non-hydrogen) atoms. The van der Waals surface area contributed by atoms with Crippen LogP contribution in [0.15, 0.2) is 0 Å². The molecule has 10 unspecified atom stereocenters. The van der Waals surface area contributed by atoms with Crippen LogP contribution in [-0.4, -0.2) is 27.7 Å². The maximum absolute atomic E-state index is 12.8. The maximum atomic E-state index is 12.8. The summed E-state index contributed by atoms with van der Waals surface area (Å²) in [5.74, 6) is 3.39. The van der Waals surface area contributed by atoms with Gasteiger partial charge >= 0.3 is 0 Å². The van der Waals surface area contributed by atoms with E-state index in [0.29, 0.717) is 41.8 Å². The number of ketones is 1. The molecule has 0 aromatic heterocycles. The SMILES string of the molecule is CC1CC2C3C4CC4C4(O)CC(O)CCC4(C)C3CCC2(C)C1=O. The quantitative estimate of drug-likeness (QED) is 0.716. The molecule has 0 aromatic rings. The number of carbonyl (C=O) groups excluding carboxylic acids is 1. The summed E-state index contributed by atoms with van der Waals surface area (Å²) in [4.78, 5) is 12.8. The van der Waals surface area contributed by atoms with Crippen molar-refractivity contribution in [1.29, 1.82) is 0 Å². The first-order chi connectivity index (χ1) is 11.2. The summed E-state index contributed by atoms with van der Waals surface area (Å²) in [6.45, 7) is 6.68. The van der Waals surface area contributed by atoms with Crippen LogP contribution in [0.5, 0.6) is 0 Å². The lowest BCUT2D eigenvalue weighted by molar-refractivity contribution is -0.223. The Labute approximate surface area is 145 Å². The van der Waals surface area contributed by atoms with Crippen molar-refractivity contribution in [1.82, 2.24) is 0 Å². The van der Waals surface area contributed by atoms with E-state index in [4.69, 9.17) is 0 Å². The summed E-state index contributed by atoms with van der Waals surface area (Å²) >= 11 is 0. The Morgan fingerprint density at radius 2 is 1.79 bits per heavy atom. The second-order valence-corrected chi connectivity index (χ2v) is 10.5. The lowest BCUT2D eigenvalue weighted by atomic mass is 9.43. The second kappa shape index (κ2) is 4.46. The van der Waals surface area contributed by atoms with Crippen molar-refractivity contribution < 1.29 is 15.0 Å². The van der Waals surface area contributed by atoms with Crippen LogP contribution in [0.2, 0.25) is 0 Å². The van der Waals surface area contributed by atoms with Crippen LogP contribution in [0.4, 0.5) is 0 Å². The van der Waals surface area contributed by atoms with Crippen molar-refractivity contribution in [3.05, 3.63) is 0 Å². The molecule has 3 heteroatoms. The van der Waals surface area contributed by atoms with Crippen molar-refractivity contribution in [3.8, 4) is 0 Å². The van der Waals surface area contributed by atoms with Gasteiger partial charge in [0.15, 0.2) is 0 Å². The normalized spacial score (nSPS) is 64.7. The van der Waals surface area contributed by atoms with Gasteiger partial charge in [-0.3, -0.25) is 4.79 Å². The van der Waals surface area contributed by atoms with E-state index in [-0.39, 0.29) is 22.9 Å². The molecule has 3 nitrogen and oxygen atoms in total. The number of aliphatic hydroxyl groups is 2. The van der Waals surface area contributed by atoms with Gasteiger partial charge < -0.3 is 10.2 Å². The topological polar surface area (TPSA) is 57.5 Å². The van der Waals surface area contributed by atoms with Crippen molar-refractivity contribution >= 4 is 5.78 Å². The minimum Gasteiger partial charge on any atom is -0.393 e. The average Bonchev–Trinajstić information content (AvgIpc) is 3.28. The molecule has 5 aliphatic carbocycles. The molecular weight excluding hydrogens is 300 g/mol. The van der Waals surface area contributed by atoms with E-state index in [0.717, 1.165) is 38.5 Å². The third-order valence-corrected chi connectivity index (χ3v) is 9.64. The fourth-order valence-corrected chi connectivity index (χ4v) is 8.30. The number of rotatable bonds is 0. The molecular formula is C21H32O3. The molecule has 0 heterocycles. The molecule has 5 rings (SSSR count). The summed E-state index contributed by atoms with van der Waals surface area (Å²) in [5, 5.41) is 21.9. The Morgan fingerprint density at radius 1 is 1.04 bits per heavy atom. The van der Waals surface area contributed by atoms with Gasteiger partial charge in [0.1, 0.15) is 5.78 Å². The highest BCUT2D eigenvalue weighted by molar-refractivity contribution is 5.89. The lowest BCUT2D eigenvalue weighted by Gasteiger charge is -2.63. The summed E-state index contributed by atoms with van der Waals surface area (Å²) in [6, 6.07) is 0. The summed E-state index contributed by atoms with van der Waals surface area (Å²) < 4.78 is 0. The minimum absolute atomic E-state index is 0.0647. The number of hydrogen-bond acceptors (Lipinski definition) is 3. The number of aliphatic hydroxyl groups excluding tert-OH is 1. The van der Waals surface area contributed by atoms with Crippen LogP contribution in [0.3, 0.4) is 0 Å². The average molecular weight is 332 g/mol. The van der Waals surface area contributed by atoms with Crippen LogP contribution in [0.25, 0.3) is 0 Å². The van der Waals surface area contributed by atoms with Crippen molar-refractivity contribution in [2.75, 3.05) is 0 Å². The fourth-order valence-electron chi connectivity index (χ4n) is 8.30. The number of Topliss-reactive ketones (excluding diaryl/α,β-unsaturated/α-hetero) is 1. The largest absolute Gasteiger partial charge is 0.393 e. The monoisotopic (exact) mass is 332 g/mol. The highest BCUT2D eigenvalue weighted by Gasteiger charge is 2.74. The second-order valence-electron chi connectivity index (χ2n) is 10.5. The van der Waals surface area contributed by atoms with E-state index in [1.54, 1.807) is 0 Å². The van der Waals surface area contributed by atoms with Crippen LogP contribution in [-0.2, 0) is 4.79 Å². The standard InChI is InChI=1S/C21H32O3/c1-11-8-16-17-13-9-15(13)21(24)10-12(22)4-7-20(21,3)14(17)5-6-19(16,2)18(11)23/h11-17,22,24H,4-10H2,1-3H3. The molecule has 5 aliphatic rings. The number of hydrogen-bond donors (Lipinski definition) is 2. The van der Waals surface area contributed by atoms with Gasteiger partial charge in [-0.15, -0.1) is 0 Å². The van der Waals surface area contributed by atoms with E-state index in [1.807, 2.05) is 0 Å². The summed E-state index contributed by atoms with van der Waals surface area (Å²) in [6.07, 6.45) is 6.31. The van der Waals surface area contributed by atoms with E-state index in [1.165, 1.54) is 0 Å². The fraction of sp³-hybridized carbons (Fsp3) is 0.952. The molecule has 134 valence electrons. The maximum Gasteiger partial charge on any atom is 0.141 e. The Hall–Kier alpha value is -0.410. The number of carbonyl (C=O) groups is 1.